The van der Waals surface area contributed by atoms with Crippen molar-refractivity contribution in [2.24, 2.45) is 5.92 Å². The molecule has 0 saturated carbocycles. The lowest BCUT2D eigenvalue weighted by Gasteiger charge is -2.09. The van der Waals surface area contributed by atoms with E-state index in [1.54, 1.807) is 6.07 Å². The number of hydrogen-bond acceptors (Lipinski definition) is 1. The largest absolute Gasteiger partial charge is 0.313 e. The van der Waals surface area contributed by atoms with Gasteiger partial charge in [-0.05, 0) is 49.1 Å². The molecule has 1 aromatic rings. The van der Waals surface area contributed by atoms with E-state index in [-0.39, 0.29) is 5.82 Å². The molecule has 0 fully saturated rings. The molecule has 1 aromatic carbocycles. The van der Waals surface area contributed by atoms with Crippen LogP contribution < -0.4 is 5.32 Å². The third kappa shape index (κ3) is 4.43. The summed E-state index contributed by atoms with van der Waals surface area (Å²) in [6, 6.07) is 4.96. The van der Waals surface area contributed by atoms with Gasteiger partial charge in [0.15, 0.2) is 0 Å². The van der Waals surface area contributed by atoms with E-state index >= 15 is 0 Å². The van der Waals surface area contributed by atoms with Crippen molar-refractivity contribution < 1.29 is 4.39 Å². The summed E-state index contributed by atoms with van der Waals surface area (Å²) in [5, 5.41) is 3.37. The van der Waals surface area contributed by atoms with Gasteiger partial charge in [0.2, 0.25) is 0 Å². The molecule has 0 bridgehead atoms. The van der Waals surface area contributed by atoms with Crippen LogP contribution in [-0.2, 0) is 6.54 Å². The van der Waals surface area contributed by atoms with Crippen LogP contribution in [0.15, 0.2) is 18.2 Å². The Hall–Kier alpha value is -0.890. The predicted octanol–water partition coefficient (Wildman–Crippen LogP) is 3.27. The Labute approximate surface area is 91.7 Å². The van der Waals surface area contributed by atoms with Crippen LogP contribution in [0, 0.1) is 18.7 Å². The Morgan fingerprint density at radius 2 is 2.07 bits per heavy atom. The van der Waals surface area contributed by atoms with Crippen molar-refractivity contribution in [1.82, 2.24) is 5.32 Å². The van der Waals surface area contributed by atoms with Crippen molar-refractivity contribution in [2.75, 3.05) is 6.54 Å². The summed E-state index contributed by atoms with van der Waals surface area (Å²) < 4.78 is 12.8. The molecule has 0 aliphatic rings. The summed E-state index contributed by atoms with van der Waals surface area (Å²) in [5.41, 5.74) is 2.20. The first-order valence-corrected chi connectivity index (χ1v) is 5.55. The summed E-state index contributed by atoms with van der Waals surface area (Å²) in [4.78, 5) is 0. The van der Waals surface area contributed by atoms with Crippen LogP contribution >= 0.6 is 0 Å². The van der Waals surface area contributed by atoms with Crippen molar-refractivity contribution in [2.45, 2.75) is 33.7 Å². The number of nitrogens with one attached hydrogen (secondary N) is 1. The quantitative estimate of drug-likeness (QED) is 0.734. The first-order valence-electron chi connectivity index (χ1n) is 5.55. The molecule has 0 aromatic heterocycles. The summed E-state index contributed by atoms with van der Waals surface area (Å²) in [6.45, 7) is 8.23. The SMILES string of the molecule is Cc1cc(F)ccc1CNCCC(C)C. The van der Waals surface area contributed by atoms with Crippen LogP contribution in [0.25, 0.3) is 0 Å². The maximum Gasteiger partial charge on any atom is 0.123 e. The Morgan fingerprint density at radius 3 is 2.67 bits per heavy atom. The highest BCUT2D eigenvalue weighted by atomic mass is 19.1. The van der Waals surface area contributed by atoms with Gasteiger partial charge < -0.3 is 5.32 Å². The van der Waals surface area contributed by atoms with E-state index in [9.17, 15) is 4.39 Å². The molecule has 84 valence electrons. The fourth-order valence-electron chi connectivity index (χ4n) is 1.47. The second-order valence-electron chi connectivity index (χ2n) is 4.43. The van der Waals surface area contributed by atoms with Gasteiger partial charge in [-0.25, -0.2) is 4.39 Å². The molecule has 0 heterocycles. The molecule has 0 unspecified atom stereocenters. The van der Waals surface area contributed by atoms with Gasteiger partial charge in [-0.15, -0.1) is 0 Å². The van der Waals surface area contributed by atoms with E-state index in [0.29, 0.717) is 0 Å². The normalized spacial score (nSPS) is 11.0. The monoisotopic (exact) mass is 209 g/mol. The molecule has 0 spiro atoms. The summed E-state index contributed by atoms with van der Waals surface area (Å²) in [6.07, 6.45) is 1.18. The number of hydrogen-bond donors (Lipinski definition) is 1. The van der Waals surface area contributed by atoms with Gasteiger partial charge in [-0.2, -0.15) is 0 Å². The summed E-state index contributed by atoms with van der Waals surface area (Å²) in [7, 11) is 0. The highest BCUT2D eigenvalue weighted by Gasteiger charge is 1.99. The molecule has 1 N–H and O–H groups in total. The molecule has 15 heavy (non-hydrogen) atoms. The van der Waals surface area contributed by atoms with E-state index in [1.807, 2.05) is 13.0 Å². The zero-order chi connectivity index (χ0) is 11.3. The minimum atomic E-state index is -0.154. The Balaban J connectivity index is 2.37. The van der Waals surface area contributed by atoms with E-state index < -0.39 is 0 Å². The molecular formula is C13H20FN. The maximum absolute atomic E-state index is 12.8. The summed E-state index contributed by atoms with van der Waals surface area (Å²) in [5.74, 6) is 0.574. The van der Waals surface area contributed by atoms with Crippen molar-refractivity contribution in [3.8, 4) is 0 Å². The maximum atomic E-state index is 12.8. The third-order valence-corrected chi connectivity index (χ3v) is 2.52. The van der Waals surface area contributed by atoms with Crippen LogP contribution in [-0.4, -0.2) is 6.54 Å². The molecule has 0 aliphatic heterocycles. The number of rotatable bonds is 5. The molecule has 0 radical (unpaired) electrons. The first-order chi connectivity index (χ1) is 7.09. The first kappa shape index (κ1) is 12.2. The van der Waals surface area contributed by atoms with Gasteiger partial charge in [0.25, 0.3) is 0 Å². The van der Waals surface area contributed by atoms with Crippen molar-refractivity contribution >= 4 is 0 Å². The average molecular weight is 209 g/mol. The van der Waals surface area contributed by atoms with Crippen LogP contribution in [0.2, 0.25) is 0 Å². The molecule has 1 nitrogen and oxygen atoms in total. The molecule has 0 atom stereocenters. The van der Waals surface area contributed by atoms with E-state index in [4.69, 9.17) is 0 Å². The summed E-state index contributed by atoms with van der Waals surface area (Å²) >= 11 is 0. The fraction of sp³-hybridized carbons (Fsp3) is 0.538. The zero-order valence-corrected chi connectivity index (χ0v) is 9.81. The number of benzene rings is 1. The Kier molecular flexibility index (Phi) is 4.76. The fourth-order valence-corrected chi connectivity index (χ4v) is 1.47. The molecule has 0 aliphatic carbocycles. The standard InChI is InChI=1S/C13H20FN/c1-10(2)6-7-15-9-12-4-5-13(14)8-11(12)3/h4-5,8,10,15H,6-7,9H2,1-3H3. The smallest absolute Gasteiger partial charge is 0.123 e. The van der Waals surface area contributed by atoms with Crippen LogP contribution in [0.3, 0.4) is 0 Å². The molecule has 0 amide bonds. The van der Waals surface area contributed by atoms with Gasteiger partial charge in [0.05, 0.1) is 0 Å². The highest BCUT2D eigenvalue weighted by molar-refractivity contribution is 5.26. The highest BCUT2D eigenvalue weighted by Crippen LogP contribution is 2.09. The third-order valence-electron chi connectivity index (χ3n) is 2.52. The van der Waals surface area contributed by atoms with Gasteiger partial charge in [0, 0.05) is 6.54 Å². The van der Waals surface area contributed by atoms with E-state index in [1.165, 1.54) is 18.1 Å². The van der Waals surface area contributed by atoms with Crippen molar-refractivity contribution in [3.63, 3.8) is 0 Å². The van der Waals surface area contributed by atoms with Gasteiger partial charge >= 0.3 is 0 Å². The number of aryl methyl sites for hydroxylation is 1. The minimum Gasteiger partial charge on any atom is -0.313 e. The average Bonchev–Trinajstić information content (AvgIpc) is 2.14. The zero-order valence-electron chi connectivity index (χ0n) is 9.81. The lowest BCUT2D eigenvalue weighted by Crippen LogP contribution is -2.16. The van der Waals surface area contributed by atoms with Gasteiger partial charge in [-0.3, -0.25) is 0 Å². The molecular weight excluding hydrogens is 189 g/mol. The molecule has 1 rings (SSSR count). The Bertz CT molecular complexity index is 307. The van der Waals surface area contributed by atoms with Crippen LogP contribution in [0.4, 0.5) is 4.39 Å². The lowest BCUT2D eigenvalue weighted by molar-refractivity contribution is 0.536. The predicted molar refractivity (Wildman–Crippen MR) is 62.3 cm³/mol. The topological polar surface area (TPSA) is 12.0 Å². The Morgan fingerprint density at radius 1 is 1.33 bits per heavy atom. The number of halogens is 1. The van der Waals surface area contributed by atoms with E-state index in [0.717, 1.165) is 24.6 Å². The van der Waals surface area contributed by atoms with E-state index in [2.05, 4.69) is 19.2 Å². The van der Waals surface area contributed by atoms with Gasteiger partial charge in [0.1, 0.15) is 5.82 Å². The van der Waals surface area contributed by atoms with Crippen molar-refractivity contribution in [3.05, 3.63) is 35.1 Å². The second-order valence-corrected chi connectivity index (χ2v) is 4.43. The van der Waals surface area contributed by atoms with Gasteiger partial charge in [-0.1, -0.05) is 19.9 Å². The van der Waals surface area contributed by atoms with Crippen LogP contribution in [0.1, 0.15) is 31.4 Å². The molecule has 0 saturated heterocycles. The minimum absolute atomic E-state index is 0.154. The van der Waals surface area contributed by atoms with Crippen molar-refractivity contribution in [1.29, 1.82) is 0 Å². The second kappa shape index (κ2) is 5.86. The molecule has 2 heteroatoms. The lowest BCUT2D eigenvalue weighted by atomic mass is 10.1. The van der Waals surface area contributed by atoms with Crippen LogP contribution in [0.5, 0.6) is 0 Å².